The lowest BCUT2D eigenvalue weighted by molar-refractivity contribution is -0.143. The normalized spacial score (nSPS) is 14.6. The molecule has 1 N–H and O–H groups in total. The summed E-state index contributed by atoms with van der Waals surface area (Å²) in [7, 11) is -3.20. The van der Waals surface area contributed by atoms with Gasteiger partial charge in [-0.1, -0.05) is 11.6 Å². The number of amides is 3. The fraction of sp³-hybridized carbons (Fsp3) is 0.217. The summed E-state index contributed by atoms with van der Waals surface area (Å²) in [6.45, 7) is 2.59. The zero-order valence-corrected chi connectivity index (χ0v) is 22.2. The molecule has 2 aromatic carbocycles. The zero-order valence-electron chi connectivity index (χ0n) is 19.8. The van der Waals surface area contributed by atoms with Crippen LogP contribution in [0.5, 0.6) is 11.5 Å². The van der Waals surface area contributed by atoms with Crippen molar-refractivity contribution in [3.63, 3.8) is 0 Å². The van der Waals surface area contributed by atoms with Crippen molar-refractivity contribution in [3.8, 4) is 11.5 Å². The maximum atomic E-state index is 12.9. The standard InChI is InChI=1S/C23H21ClN2O9S2/c1-4-34-18-10-14(11-19-22(29)26(23(30)36-19)12-20(28)33-3)9-17(24)21(18)35-37(31,32)16-7-5-15(6-8-16)25-13(2)27/h5-11H,4,12H2,1-3H3,(H,25,27)/b19-11-. The minimum absolute atomic E-state index is 0.0199. The highest BCUT2D eigenvalue weighted by Gasteiger charge is 2.36. The zero-order chi connectivity index (χ0) is 27.3. The molecule has 0 unspecified atom stereocenters. The maximum Gasteiger partial charge on any atom is 0.339 e. The average molecular weight is 569 g/mol. The van der Waals surface area contributed by atoms with Crippen LogP contribution in [0.25, 0.3) is 6.08 Å². The number of halogens is 1. The number of nitrogens with one attached hydrogen (secondary N) is 1. The van der Waals surface area contributed by atoms with Crippen molar-refractivity contribution in [2.75, 3.05) is 25.6 Å². The molecular formula is C23H21ClN2O9S2. The molecular weight excluding hydrogens is 548 g/mol. The van der Waals surface area contributed by atoms with Crippen molar-refractivity contribution >= 4 is 68.3 Å². The number of hydrogen-bond donors (Lipinski definition) is 1. The van der Waals surface area contributed by atoms with Crippen LogP contribution in [0, 0.1) is 0 Å². The van der Waals surface area contributed by atoms with Gasteiger partial charge in [-0.15, -0.1) is 0 Å². The Labute approximate surface area is 221 Å². The second kappa shape index (κ2) is 11.7. The van der Waals surface area contributed by atoms with E-state index in [0.717, 1.165) is 12.0 Å². The summed E-state index contributed by atoms with van der Waals surface area (Å²) < 4.78 is 41.0. The molecule has 3 amide bonds. The van der Waals surface area contributed by atoms with Crippen LogP contribution in [0.3, 0.4) is 0 Å². The van der Waals surface area contributed by atoms with E-state index in [1.165, 1.54) is 49.4 Å². The van der Waals surface area contributed by atoms with Gasteiger partial charge in [0.05, 0.1) is 23.6 Å². The Balaban J connectivity index is 1.90. The molecule has 1 heterocycles. The van der Waals surface area contributed by atoms with E-state index in [9.17, 15) is 27.6 Å². The SMILES string of the molecule is CCOc1cc(/C=C2\SC(=O)N(CC(=O)OC)C2=O)cc(Cl)c1OS(=O)(=O)c1ccc(NC(C)=O)cc1. The summed E-state index contributed by atoms with van der Waals surface area (Å²) in [6, 6.07) is 8.05. The molecule has 0 atom stereocenters. The molecule has 0 spiro atoms. The minimum atomic E-state index is -4.34. The van der Waals surface area contributed by atoms with E-state index < -0.39 is 33.8 Å². The Morgan fingerprint density at radius 2 is 1.84 bits per heavy atom. The molecule has 0 saturated carbocycles. The van der Waals surface area contributed by atoms with Crippen LogP contribution in [0.4, 0.5) is 10.5 Å². The molecule has 0 bridgehead atoms. The van der Waals surface area contributed by atoms with Gasteiger partial charge in [-0.3, -0.25) is 24.1 Å². The van der Waals surface area contributed by atoms with Crippen molar-refractivity contribution in [2.45, 2.75) is 18.7 Å². The Hall–Kier alpha value is -3.55. The number of carbonyl (C=O) groups is 4. The molecule has 14 heteroatoms. The van der Waals surface area contributed by atoms with E-state index in [4.69, 9.17) is 20.5 Å². The van der Waals surface area contributed by atoms with Gasteiger partial charge in [0.2, 0.25) is 11.7 Å². The molecule has 196 valence electrons. The van der Waals surface area contributed by atoms with Gasteiger partial charge in [-0.2, -0.15) is 8.42 Å². The Morgan fingerprint density at radius 3 is 2.43 bits per heavy atom. The van der Waals surface area contributed by atoms with Crippen LogP contribution in [0.1, 0.15) is 19.4 Å². The van der Waals surface area contributed by atoms with Gasteiger partial charge in [0.1, 0.15) is 11.4 Å². The number of thioether (sulfide) groups is 1. The lowest BCUT2D eigenvalue weighted by Crippen LogP contribution is -2.34. The van der Waals surface area contributed by atoms with Crippen LogP contribution < -0.4 is 14.2 Å². The fourth-order valence-corrected chi connectivity index (χ4v) is 5.16. The van der Waals surface area contributed by atoms with Crippen LogP contribution in [-0.2, 0) is 29.2 Å². The molecule has 1 fully saturated rings. The maximum absolute atomic E-state index is 12.9. The first-order valence-electron chi connectivity index (χ1n) is 10.6. The third-order valence-electron chi connectivity index (χ3n) is 4.67. The summed E-state index contributed by atoms with van der Waals surface area (Å²) in [6.07, 6.45) is 1.36. The van der Waals surface area contributed by atoms with Gasteiger partial charge in [-0.05, 0) is 66.7 Å². The van der Waals surface area contributed by atoms with E-state index in [1.54, 1.807) is 6.92 Å². The van der Waals surface area contributed by atoms with Crippen molar-refractivity contribution in [1.82, 2.24) is 4.90 Å². The van der Waals surface area contributed by atoms with E-state index >= 15 is 0 Å². The van der Waals surface area contributed by atoms with Gasteiger partial charge in [0, 0.05) is 12.6 Å². The minimum Gasteiger partial charge on any atom is -0.490 e. The number of ether oxygens (including phenoxy) is 2. The van der Waals surface area contributed by atoms with Crippen LogP contribution in [0.15, 0.2) is 46.2 Å². The van der Waals surface area contributed by atoms with E-state index in [2.05, 4.69) is 10.1 Å². The molecule has 0 aromatic heterocycles. The van der Waals surface area contributed by atoms with Crippen molar-refractivity contribution in [3.05, 3.63) is 51.9 Å². The molecule has 1 saturated heterocycles. The summed E-state index contributed by atoms with van der Waals surface area (Å²) >= 11 is 6.96. The Bertz CT molecular complexity index is 1390. The van der Waals surface area contributed by atoms with Gasteiger partial charge in [0.25, 0.3) is 11.1 Å². The summed E-state index contributed by atoms with van der Waals surface area (Å²) in [5.74, 6) is -2.05. The number of methoxy groups -OCH3 is 1. The number of imide groups is 1. The number of carbonyl (C=O) groups excluding carboxylic acids is 4. The second-order valence-corrected chi connectivity index (χ2v) is 10.3. The molecule has 1 aliphatic heterocycles. The van der Waals surface area contributed by atoms with E-state index in [1.807, 2.05) is 0 Å². The number of rotatable bonds is 9. The topological polar surface area (TPSA) is 145 Å². The molecule has 37 heavy (non-hydrogen) atoms. The lowest BCUT2D eigenvalue weighted by atomic mass is 10.2. The number of nitrogens with zero attached hydrogens (tertiary/aromatic N) is 1. The second-order valence-electron chi connectivity index (χ2n) is 7.35. The number of hydrogen-bond acceptors (Lipinski definition) is 10. The molecule has 1 aliphatic rings. The average Bonchev–Trinajstić information content (AvgIpc) is 3.08. The Kier molecular flexibility index (Phi) is 8.84. The molecule has 3 rings (SSSR count). The fourth-order valence-electron chi connectivity index (χ4n) is 3.06. The quantitative estimate of drug-likeness (QED) is 0.270. The lowest BCUT2D eigenvalue weighted by Gasteiger charge is -2.15. The van der Waals surface area contributed by atoms with Crippen molar-refractivity contribution in [1.29, 1.82) is 0 Å². The monoisotopic (exact) mass is 568 g/mol. The van der Waals surface area contributed by atoms with Gasteiger partial charge >= 0.3 is 16.1 Å². The molecule has 0 aliphatic carbocycles. The number of esters is 1. The highest BCUT2D eigenvalue weighted by molar-refractivity contribution is 8.18. The summed E-state index contributed by atoms with van der Waals surface area (Å²) in [4.78, 5) is 48.0. The van der Waals surface area contributed by atoms with Crippen molar-refractivity contribution < 1.29 is 41.3 Å². The predicted molar refractivity (Wildman–Crippen MR) is 136 cm³/mol. The van der Waals surface area contributed by atoms with E-state index in [-0.39, 0.29) is 38.8 Å². The molecule has 0 radical (unpaired) electrons. The summed E-state index contributed by atoms with van der Waals surface area (Å²) in [5, 5.41) is 1.75. The number of anilines is 1. The molecule has 2 aromatic rings. The first kappa shape index (κ1) is 28.0. The van der Waals surface area contributed by atoms with Gasteiger partial charge in [-0.25, -0.2) is 0 Å². The van der Waals surface area contributed by atoms with Crippen LogP contribution >= 0.6 is 23.4 Å². The first-order chi connectivity index (χ1) is 17.4. The largest absolute Gasteiger partial charge is 0.490 e. The molecule has 11 nitrogen and oxygen atoms in total. The first-order valence-corrected chi connectivity index (χ1v) is 13.2. The number of benzene rings is 2. The highest BCUT2D eigenvalue weighted by Crippen LogP contribution is 2.40. The van der Waals surface area contributed by atoms with Crippen molar-refractivity contribution in [2.24, 2.45) is 0 Å². The Morgan fingerprint density at radius 1 is 1.16 bits per heavy atom. The van der Waals surface area contributed by atoms with Gasteiger partial charge < -0.3 is 19.0 Å². The van der Waals surface area contributed by atoms with Gasteiger partial charge in [0.15, 0.2) is 5.75 Å². The van der Waals surface area contributed by atoms with Crippen LogP contribution in [-0.4, -0.2) is 56.6 Å². The smallest absolute Gasteiger partial charge is 0.339 e. The predicted octanol–water partition coefficient (Wildman–Crippen LogP) is 3.67. The van der Waals surface area contributed by atoms with Crippen LogP contribution in [0.2, 0.25) is 5.02 Å². The third-order valence-corrected chi connectivity index (χ3v) is 7.10. The summed E-state index contributed by atoms with van der Waals surface area (Å²) in [5.41, 5.74) is 0.723. The van der Waals surface area contributed by atoms with E-state index in [0.29, 0.717) is 23.0 Å². The highest BCUT2D eigenvalue weighted by atomic mass is 35.5. The third kappa shape index (κ3) is 6.81.